The zero-order chi connectivity index (χ0) is 13.1. The van der Waals surface area contributed by atoms with Crippen LogP contribution in [0.2, 0.25) is 0 Å². The van der Waals surface area contributed by atoms with E-state index in [2.05, 4.69) is 10.4 Å². The van der Waals surface area contributed by atoms with E-state index in [0.717, 1.165) is 29.4 Å². The lowest BCUT2D eigenvalue weighted by molar-refractivity contribution is 0.415. The van der Waals surface area contributed by atoms with Gasteiger partial charge in [0.2, 0.25) is 0 Å². The molecule has 0 aliphatic carbocycles. The van der Waals surface area contributed by atoms with Crippen LogP contribution >= 0.6 is 0 Å². The number of benzene rings is 1. The van der Waals surface area contributed by atoms with E-state index in [1.54, 1.807) is 11.8 Å². The van der Waals surface area contributed by atoms with Gasteiger partial charge in [-0.3, -0.25) is 4.68 Å². The van der Waals surface area contributed by atoms with Crippen molar-refractivity contribution in [3.63, 3.8) is 0 Å². The largest absolute Gasteiger partial charge is 0.497 e. The van der Waals surface area contributed by atoms with Gasteiger partial charge in [0.15, 0.2) is 5.82 Å². The van der Waals surface area contributed by atoms with Crippen LogP contribution in [0.1, 0.15) is 12.6 Å². The smallest absolute Gasteiger partial charge is 0.152 e. The SMILES string of the molecule is CCc1nn(C)c(Nc2ccc(OC)cc2)c1N. The number of ether oxygens (including phenoxy) is 1. The van der Waals surface area contributed by atoms with Crippen molar-refractivity contribution in [2.45, 2.75) is 13.3 Å². The number of nitrogens with one attached hydrogen (secondary N) is 1. The van der Waals surface area contributed by atoms with E-state index >= 15 is 0 Å². The Morgan fingerprint density at radius 2 is 2.00 bits per heavy atom. The van der Waals surface area contributed by atoms with E-state index < -0.39 is 0 Å². The maximum Gasteiger partial charge on any atom is 0.152 e. The third-order valence-electron chi connectivity index (χ3n) is 2.85. The number of aryl methyl sites for hydroxylation is 2. The minimum Gasteiger partial charge on any atom is -0.497 e. The van der Waals surface area contributed by atoms with E-state index in [4.69, 9.17) is 10.5 Å². The quantitative estimate of drug-likeness (QED) is 0.869. The summed E-state index contributed by atoms with van der Waals surface area (Å²) in [6.07, 6.45) is 0.823. The number of nitrogen functional groups attached to an aromatic ring is 1. The standard InChI is InChI=1S/C13H18N4O/c1-4-11-12(14)13(17(2)16-11)15-9-5-7-10(18-3)8-6-9/h5-8,15H,4,14H2,1-3H3. The van der Waals surface area contributed by atoms with Crippen LogP contribution in [0, 0.1) is 0 Å². The van der Waals surface area contributed by atoms with Gasteiger partial charge in [0, 0.05) is 12.7 Å². The second-order valence-corrected chi connectivity index (χ2v) is 4.04. The van der Waals surface area contributed by atoms with Gasteiger partial charge in [-0.25, -0.2) is 0 Å². The number of methoxy groups -OCH3 is 1. The molecule has 18 heavy (non-hydrogen) atoms. The Morgan fingerprint density at radius 1 is 1.33 bits per heavy atom. The molecule has 0 bridgehead atoms. The molecule has 0 aliphatic heterocycles. The van der Waals surface area contributed by atoms with E-state index in [0.29, 0.717) is 5.69 Å². The Balaban J connectivity index is 2.25. The predicted octanol–water partition coefficient (Wildman–Crippen LogP) is 2.32. The van der Waals surface area contributed by atoms with Crippen molar-refractivity contribution in [2.75, 3.05) is 18.2 Å². The molecule has 1 heterocycles. The lowest BCUT2D eigenvalue weighted by Gasteiger charge is -2.08. The van der Waals surface area contributed by atoms with Crippen LogP contribution in [-0.2, 0) is 13.5 Å². The summed E-state index contributed by atoms with van der Waals surface area (Å²) < 4.78 is 6.88. The summed E-state index contributed by atoms with van der Waals surface area (Å²) in [7, 11) is 3.52. The molecule has 0 radical (unpaired) electrons. The summed E-state index contributed by atoms with van der Waals surface area (Å²) in [6, 6.07) is 7.68. The Labute approximate surface area is 107 Å². The van der Waals surface area contributed by atoms with Crippen molar-refractivity contribution in [3.8, 4) is 5.75 Å². The average Bonchev–Trinajstić information content (AvgIpc) is 2.67. The molecule has 0 saturated carbocycles. The molecule has 1 aromatic carbocycles. The Hall–Kier alpha value is -2.17. The number of hydrogen-bond donors (Lipinski definition) is 2. The molecule has 96 valence electrons. The second-order valence-electron chi connectivity index (χ2n) is 4.04. The fourth-order valence-corrected chi connectivity index (χ4v) is 1.82. The molecule has 5 nitrogen and oxygen atoms in total. The third-order valence-corrected chi connectivity index (χ3v) is 2.85. The van der Waals surface area contributed by atoms with Crippen LogP contribution in [0.3, 0.4) is 0 Å². The van der Waals surface area contributed by atoms with Gasteiger partial charge in [-0.2, -0.15) is 5.10 Å². The van der Waals surface area contributed by atoms with Crippen LogP contribution < -0.4 is 15.8 Å². The van der Waals surface area contributed by atoms with Crippen LogP contribution in [0.4, 0.5) is 17.2 Å². The topological polar surface area (TPSA) is 65.1 Å². The monoisotopic (exact) mass is 246 g/mol. The molecule has 1 aromatic heterocycles. The maximum atomic E-state index is 6.05. The number of rotatable bonds is 4. The highest BCUT2D eigenvalue weighted by Gasteiger charge is 2.11. The highest BCUT2D eigenvalue weighted by atomic mass is 16.5. The number of anilines is 3. The minimum atomic E-state index is 0.704. The molecule has 5 heteroatoms. The second kappa shape index (κ2) is 5.00. The summed E-state index contributed by atoms with van der Waals surface area (Å²) >= 11 is 0. The van der Waals surface area contributed by atoms with Crippen LogP contribution in [0.25, 0.3) is 0 Å². The van der Waals surface area contributed by atoms with E-state index in [1.165, 1.54) is 0 Å². The summed E-state index contributed by atoms with van der Waals surface area (Å²) in [5.41, 5.74) is 8.62. The highest BCUT2D eigenvalue weighted by molar-refractivity contribution is 5.71. The molecular formula is C13H18N4O. The third kappa shape index (κ3) is 2.25. The first-order valence-electron chi connectivity index (χ1n) is 5.88. The van der Waals surface area contributed by atoms with Crippen LogP contribution in [0.15, 0.2) is 24.3 Å². The first-order valence-corrected chi connectivity index (χ1v) is 5.88. The number of nitrogens with two attached hydrogens (primary N) is 1. The Kier molecular flexibility index (Phi) is 3.41. The Bertz CT molecular complexity index is 531. The van der Waals surface area contributed by atoms with E-state index in [-0.39, 0.29) is 0 Å². The summed E-state index contributed by atoms with van der Waals surface area (Å²) in [5, 5.41) is 7.63. The van der Waals surface area contributed by atoms with Crippen molar-refractivity contribution in [3.05, 3.63) is 30.0 Å². The van der Waals surface area contributed by atoms with Crippen molar-refractivity contribution < 1.29 is 4.74 Å². The molecule has 0 aliphatic rings. The van der Waals surface area contributed by atoms with E-state index in [1.807, 2.05) is 38.2 Å². The molecule has 0 atom stereocenters. The molecule has 0 unspecified atom stereocenters. The molecule has 0 saturated heterocycles. The molecule has 3 N–H and O–H groups in total. The first-order chi connectivity index (χ1) is 8.65. The number of aromatic nitrogens is 2. The van der Waals surface area contributed by atoms with Crippen LogP contribution in [-0.4, -0.2) is 16.9 Å². The van der Waals surface area contributed by atoms with Gasteiger partial charge in [0.05, 0.1) is 18.5 Å². The summed E-state index contributed by atoms with van der Waals surface area (Å²) in [4.78, 5) is 0. The normalized spacial score (nSPS) is 10.4. The molecule has 2 aromatic rings. The Morgan fingerprint density at radius 3 is 2.50 bits per heavy atom. The van der Waals surface area contributed by atoms with Crippen molar-refractivity contribution in [1.82, 2.24) is 9.78 Å². The van der Waals surface area contributed by atoms with Crippen molar-refractivity contribution >= 4 is 17.2 Å². The first kappa shape index (κ1) is 12.3. The fraction of sp³-hybridized carbons (Fsp3) is 0.308. The lowest BCUT2D eigenvalue weighted by atomic mass is 10.2. The minimum absolute atomic E-state index is 0.704. The maximum absolute atomic E-state index is 6.05. The van der Waals surface area contributed by atoms with Crippen molar-refractivity contribution in [1.29, 1.82) is 0 Å². The molecule has 0 spiro atoms. The predicted molar refractivity (Wildman–Crippen MR) is 73.3 cm³/mol. The average molecular weight is 246 g/mol. The zero-order valence-electron chi connectivity index (χ0n) is 10.9. The van der Waals surface area contributed by atoms with Gasteiger partial charge in [-0.1, -0.05) is 6.92 Å². The van der Waals surface area contributed by atoms with Crippen molar-refractivity contribution in [2.24, 2.45) is 7.05 Å². The molecule has 2 rings (SSSR count). The number of hydrogen-bond acceptors (Lipinski definition) is 4. The lowest BCUT2D eigenvalue weighted by Crippen LogP contribution is -2.01. The molecule has 0 amide bonds. The number of nitrogens with zero attached hydrogens (tertiary/aromatic N) is 2. The van der Waals surface area contributed by atoms with Gasteiger partial charge in [-0.05, 0) is 30.7 Å². The molecular weight excluding hydrogens is 228 g/mol. The van der Waals surface area contributed by atoms with Gasteiger partial charge in [0.1, 0.15) is 5.75 Å². The van der Waals surface area contributed by atoms with Crippen LogP contribution in [0.5, 0.6) is 5.75 Å². The van der Waals surface area contributed by atoms with Gasteiger partial charge in [0.25, 0.3) is 0 Å². The van der Waals surface area contributed by atoms with Gasteiger partial charge >= 0.3 is 0 Å². The molecule has 0 fully saturated rings. The van der Waals surface area contributed by atoms with E-state index in [9.17, 15) is 0 Å². The summed E-state index contributed by atoms with van der Waals surface area (Å²) in [5.74, 6) is 1.64. The highest BCUT2D eigenvalue weighted by Crippen LogP contribution is 2.26. The summed E-state index contributed by atoms with van der Waals surface area (Å²) in [6.45, 7) is 2.04. The zero-order valence-corrected chi connectivity index (χ0v) is 10.9. The fourth-order valence-electron chi connectivity index (χ4n) is 1.82. The van der Waals surface area contributed by atoms with Gasteiger partial charge < -0.3 is 15.8 Å². The van der Waals surface area contributed by atoms with Gasteiger partial charge in [-0.15, -0.1) is 0 Å².